The van der Waals surface area contributed by atoms with E-state index in [-0.39, 0.29) is 24.9 Å². The van der Waals surface area contributed by atoms with Crippen molar-refractivity contribution in [1.29, 1.82) is 0 Å². The molecule has 0 aromatic rings. The molecule has 0 saturated carbocycles. The molecule has 2 N–H and O–H groups in total. The standard InChI is InChI=1S/C17H29N3O4/c1-7-23-15(21)14(18)12-10-20(16(22)24-17(4,5)6)9-8-13(12)19-11(2)3/h11H,7-10,18H2,1-6H3/b14-12-,19-13?. The van der Waals surface area contributed by atoms with Gasteiger partial charge in [-0.25, -0.2) is 9.59 Å². The number of amides is 1. The van der Waals surface area contributed by atoms with Gasteiger partial charge in [0, 0.05) is 30.3 Å². The number of hydrogen-bond donors (Lipinski definition) is 1. The highest BCUT2D eigenvalue weighted by molar-refractivity contribution is 6.08. The summed E-state index contributed by atoms with van der Waals surface area (Å²) in [5.41, 5.74) is 6.69. The van der Waals surface area contributed by atoms with E-state index in [1.807, 2.05) is 34.6 Å². The molecule has 1 fully saturated rings. The van der Waals surface area contributed by atoms with Crippen molar-refractivity contribution in [3.05, 3.63) is 11.3 Å². The molecule has 0 radical (unpaired) electrons. The summed E-state index contributed by atoms with van der Waals surface area (Å²) in [4.78, 5) is 30.4. The molecule has 1 rings (SSSR count). The Morgan fingerprint density at radius 3 is 2.46 bits per heavy atom. The van der Waals surface area contributed by atoms with Crippen molar-refractivity contribution in [1.82, 2.24) is 4.90 Å². The monoisotopic (exact) mass is 339 g/mol. The van der Waals surface area contributed by atoms with E-state index in [2.05, 4.69) is 4.99 Å². The van der Waals surface area contributed by atoms with Gasteiger partial charge in [-0.15, -0.1) is 0 Å². The first kappa shape index (κ1) is 20.0. The molecule has 0 atom stereocenters. The summed E-state index contributed by atoms with van der Waals surface area (Å²) in [6.45, 7) is 11.9. The van der Waals surface area contributed by atoms with Gasteiger partial charge < -0.3 is 20.1 Å². The second kappa shape index (κ2) is 8.17. The number of hydrogen-bond acceptors (Lipinski definition) is 6. The average Bonchev–Trinajstić information content (AvgIpc) is 2.44. The van der Waals surface area contributed by atoms with Gasteiger partial charge in [0.15, 0.2) is 0 Å². The van der Waals surface area contributed by atoms with E-state index in [0.717, 1.165) is 5.71 Å². The molecule has 0 aliphatic carbocycles. The maximum absolute atomic E-state index is 12.3. The van der Waals surface area contributed by atoms with Crippen LogP contribution >= 0.6 is 0 Å². The van der Waals surface area contributed by atoms with Crippen molar-refractivity contribution in [3.8, 4) is 0 Å². The first-order valence-corrected chi connectivity index (χ1v) is 8.25. The molecule has 1 heterocycles. The summed E-state index contributed by atoms with van der Waals surface area (Å²) in [7, 11) is 0. The van der Waals surface area contributed by atoms with Crippen LogP contribution in [-0.4, -0.2) is 54.0 Å². The maximum Gasteiger partial charge on any atom is 0.410 e. The van der Waals surface area contributed by atoms with Crippen LogP contribution in [0.1, 0.15) is 48.0 Å². The third-order valence-electron chi connectivity index (χ3n) is 3.20. The molecule has 1 aliphatic heterocycles. The zero-order chi connectivity index (χ0) is 18.5. The lowest BCUT2D eigenvalue weighted by Gasteiger charge is -2.32. The van der Waals surface area contributed by atoms with Gasteiger partial charge in [-0.3, -0.25) is 4.99 Å². The number of rotatable bonds is 3. The summed E-state index contributed by atoms with van der Waals surface area (Å²) in [5.74, 6) is -0.588. The van der Waals surface area contributed by atoms with Crippen LogP contribution in [0.2, 0.25) is 0 Å². The highest BCUT2D eigenvalue weighted by Gasteiger charge is 2.30. The zero-order valence-corrected chi connectivity index (χ0v) is 15.5. The molecule has 24 heavy (non-hydrogen) atoms. The van der Waals surface area contributed by atoms with Gasteiger partial charge in [0.1, 0.15) is 11.3 Å². The largest absolute Gasteiger partial charge is 0.461 e. The van der Waals surface area contributed by atoms with E-state index < -0.39 is 17.7 Å². The molecule has 0 aromatic heterocycles. The summed E-state index contributed by atoms with van der Waals surface area (Å²) < 4.78 is 10.4. The van der Waals surface area contributed by atoms with Crippen LogP contribution in [0, 0.1) is 0 Å². The number of ether oxygens (including phenoxy) is 2. The Bertz CT molecular complexity index is 545. The smallest absolute Gasteiger partial charge is 0.410 e. The van der Waals surface area contributed by atoms with Crippen molar-refractivity contribution in [2.75, 3.05) is 19.7 Å². The van der Waals surface area contributed by atoms with Crippen molar-refractivity contribution in [2.24, 2.45) is 10.7 Å². The fourth-order valence-electron chi connectivity index (χ4n) is 2.26. The van der Waals surface area contributed by atoms with E-state index >= 15 is 0 Å². The quantitative estimate of drug-likeness (QED) is 0.628. The van der Waals surface area contributed by atoms with Gasteiger partial charge >= 0.3 is 12.1 Å². The predicted molar refractivity (Wildman–Crippen MR) is 92.8 cm³/mol. The lowest BCUT2D eigenvalue weighted by Crippen LogP contribution is -2.44. The SMILES string of the molecule is CCOC(=O)/C(N)=C1\CN(C(=O)OC(C)(C)C)CCC1=NC(C)C. The van der Waals surface area contributed by atoms with Gasteiger partial charge in [-0.05, 0) is 41.5 Å². The fraction of sp³-hybridized carbons (Fsp3) is 0.706. The number of carbonyl (C=O) groups is 2. The summed E-state index contributed by atoms with van der Waals surface area (Å²) in [6, 6.07) is 0.0677. The molecule has 1 aliphatic rings. The Balaban J connectivity index is 3.09. The second-order valence-corrected chi connectivity index (χ2v) is 6.93. The van der Waals surface area contributed by atoms with Crippen molar-refractivity contribution < 1.29 is 19.1 Å². The molecular weight excluding hydrogens is 310 g/mol. The molecule has 136 valence electrons. The summed E-state index contributed by atoms with van der Waals surface area (Å²) >= 11 is 0. The van der Waals surface area contributed by atoms with E-state index in [0.29, 0.717) is 18.5 Å². The van der Waals surface area contributed by atoms with Crippen LogP contribution < -0.4 is 5.73 Å². The number of carbonyl (C=O) groups excluding carboxylic acids is 2. The number of aliphatic imine (C=N–C) groups is 1. The molecular formula is C17H29N3O4. The third kappa shape index (κ3) is 5.86. The second-order valence-electron chi connectivity index (χ2n) is 6.93. The van der Waals surface area contributed by atoms with Crippen molar-refractivity contribution in [3.63, 3.8) is 0 Å². The van der Waals surface area contributed by atoms with Gasteiger partial charge in [-0.1, -0.05) is 0 Å². The zero-order valence-electron chi connectivity index (χ0n) is 15.5. The number of likely N-dealkylation sites (tertiary alicyclic amines) is 1. The summed E-state index contributed by atoms with van der Waals surface area (Å²) in [5, 5.41) is 0. The molecule has 0 unspecified atom stereocenters. The van der Waals surface area contributed by atoms with Crippen LogP contribution in [0.25, 0.3) is 0 Å². The highest BCUT2D eigenvalue weighted by atomic mass is 16.6. The first-order chi connectivity index (χ1) is 11.0. The molecule has 1 amide bonds. The number of nitrogens with two attached hydrogens (primary N) is 1. The van der Waals surface area contributed by atoms with Crippen molar-refractivity contribution in [2.45, 2.75) is 59.6 Å². The number of nitrogens with zero attached hydrogens (tertiary/aromatic N) is 2. The van der Waals surface area contributed by atoms with E-state index in [1.165, 1.54) is 4.90 Å². The molecule has 0 bridgehead atoms. The minimum Gasteiger partial charge on any atom is -0.461 e. The number of esters is 1. The fourth-order valence-corrected chi connectivity index (χ4v) is 2.26. The van der Waals surface area contributed by atoms with Crippen molar-refractivity contribution >= 4 is 17.8 Å². The predicted octanol–water partition coefficient (Wildman–Crippen LogP) is 2.25. The molecule has 1 saturated heterocycles. The van der Waals surface area contributed by atoms with E-state index in [9.17, 15) is 9.59 Å². The van der Waals surface area contributed by atoms with Gasteiger partial charge in [-0.2, -0.15) is 0 Å². The summed E-state index contributed by atoms with van der Waals surface area (Å²) in [6.07, 6.45) is 0.0904. The van der Waals surface area contributed by atoms with Gasteiger partial charge in [0.05, 0.1) is 13.2 Å². The van der Waals surface area contributed by atoms with E-state index in [4.69, 9.17) is 15.2 Å². The maximum atomic E-state index is 12.3. The van der Waals surface area contributed by atoms with Gasteiger partial charge in [0.25, 0.3) is 0 Å². The topological polar surface area (TPSA) is 94.2 Å². The Kier molecular flexibility index (Phi) is 6.81. The van der Waals surface area contributed by atoms with Crippen LogP contribution in [0.3, 0.4) is 0 Å². The lowest BCUT2D eigenvalue weighted by atomic mass is 9.99. The Morgan fingerprint density at radius 2 is 1.96 bits per heavy atom. The molecule has 7 nitrogen and oxygen atoms in total. The molecule has 0 aromatic carbocycles. The Hall–Kier alpha value is -2.05. The number of piperidine rings is 1. The highest BCUT2D eigenvalue weighted by Crippen LogP contribution is 2.20. The van der Waals surface area contributed by atoms with Crippen LogP contribution in [0.15, 0.2) is 16.3 Å². The van der Waals surface area contributed by atoms with E-state index in [1.54, 1.807) is 6.92 Å². The first-order valence-electron chi connectivity index (χ1n) is 8.25. The third-order valence-corrected chi connectivity index (χ3v) is 3.20. The minimum atomic E-state index is -0.588. The van der Waals surface area contributed by atoms with Gasteiger partial charge in [0.2, 0.25) is 0 Å². The molecule has 7 heteroatoms. The molecule has 0 spiro atoms. The normalized spacial score (nSPS) is 19.5. The lowest BCUT2D eigenvalue weighted by molar-refractivity contribution is -0.138. The Labute approximate surface area is 143 Å². The Morgan fingerprint density at radius 1 is 1.33 bits per heavy atom. The average molecular weight is 339 g/mol. The van der Waals surface area contributed by atoms with Crippen LogP contribution in [0.5, 0.6) is 0 Å². The van der Waals surface area contributed by atoms with Crippen LogP contribution in [0.4, 0.5) is 4.79 Å². The van der Waals surface area contributed by atoms with Crippen LogP contribution in [-0.2, 0) is 14.3 Å². The minimum absolute atomic E-state index is 0.00417.